The molecule has 0 bridgehead atoms. The summed E-state index contributed by atoms with van der Waals surface area (Å²) < 4.78 is 45.6. The number of rotatable bonds is 6. The highest BCUT2D eigenvalue weighted by molar-refractivity contribution is 7.94. The summed E-state index contributed by atoms with van der Waals surface area (Å²) in [6.07, 6.45) is 1.01. The smallest absolute Gasteiger partial charge is 0.155 e. The van der Waals surface area contributed by atoms with Crippen LogP contribution in [-0.4, -0.2) is 34.6 Å². The monoisotopic (exact) mass is 325 g/mol. The third-order valence-corrected chi connectivity index (χ3v) is 5.63. The van der Waals surface area contributed by atoms with Gasteiger partial charge in [-0.3, -0.25) is 0 Å². The Balaban J connectivity index is 2.84. The topological polar surface area (TPSA) is 94.3 Å². The zero-order valence-corrected chi connectivity index (χ0v) is 12.9. The van der Waals surface area contributed by atoms with Gasteiger partial charge in [0.15, 0.2) is 9.84 Å². The third kappa shape index (κ3) is 5.90. The number of hydrogen-bond acceptors (Lipinski definition) is 5. The number of benzene rings is 1. The van der Waals surface area contributed by atoms with Crippen LogP contribution in [0.2, 0.25) is 5.02 Å². The van der Waals surface area contributed by atoms with Crippen LogP contribution in [0.25, 0.3) is 0 Å². The van der Waals surface area contributed by atoms with E-state index in [1.165, 1.54) is 0 Å². The van der Waals surface area contributed by atoms with E-state index in [0.717, 1.165) is 11.8 Å². The van der Waals surface area contributed by atoms with E-state index in [4.69, 9.17) is 17.3 Å². The van der Waals surface area contributed by atoms with E-state index < -0.39 is 25.4 Å². The first-order valence-corrected chi connectivity index (χ1v) is 9.74. The van der Waals surface area contributed by atoms with Gasteiger partial charge in [-0.1, -0.05) is 23.7 Å². The van der Waals surface area contributed by atoms with E-state index in [2.05, 4.69) is 0 Å². The predicted octanol–water partition coefficient (Wildman–Crippen LogP) is 0.758. The van der Waals surface area contributed by atoms with Gasteiger partial charge in [0.05, 0.1) is 17.3 Å². The fraction of sp³-hybridized carbons (Fsp3) is 0.455. The molecule has 0 aliphatic heterocycles. The molecule has 2 N–H and O–H groups in total. The van der Waals surface area contributed by atoms with Crippen molar-refractivity contribution in [3.05, 3.63) is 34.3 Å². The Morgan fingerprint density at radius 3 is 2.26 bits per heavy atom. The SMILES string of the molecule is CS(=O)(=O)CCS(=O)(=O)Cc1ccc(CN)cc1Cl. The quantitative estimate of drug-likeness (QED) is 0.833. The Kier molecular flexibility index (Phi) is 5.37. The summed E-state index contributed by atoms with van der Waals surface area (Å²) in [4.78, 5) is 0. The van der Waals surface area contributed by atoms with Crippen LogP contribution in [-0.2, 0) is 32.0 Å². The third-order valence-electron chi connectivity index (χ3n) is 2.49. The van der Waals surface area contributed by atoms with Crippen LogP contribution in [0.3, 0.4) is 0 Å². The summed E-state index contributed by atoms with van der Waals surface area (Å²) >= 11 is 5.97. The highest BCUT2D eigenvalue weighted by atomic mass is 35.5. The Labute approximate surface area is 118 Å². The zero-order chi connectivity index (χ0) is 14.7. The van der Waals surface area contributed by atoms with Crippen molar-refractivity contribution in [2.75, 3.05) is 17.8 Å². The highest BCUT2D eigenvalue weighted by Crippen LogP contribution is 2.20. The molecule has 1 rings (SSSR count). The molecule has 0 heterocycles. The predicted molar refractivity (Wildman–Crippen MR) is 76.5 cm³/mol. The summed E-state index contributed by atoms with van der Waals surface area (Å²) in [7, 11) is -6.80. The minimum Gasteiger partial charge on any atom is -0.326 e. The van der Waals surface area contributed by atoms with E-state index >= 15 is 0 Å². The summed E-state index contributed by atoms with van der Waals surface area (Å²) in [6.45, 7) is 0.320. The van der Waals surface area contributed by atoms with Gasteiger partial charge < -0.3 is 5.73 Å². The molecule has 0 unspecified atom stereocenters. The first kappa shape index (κ1) is 16.4. The molecule has 0 aliphatic rings. The minimum absolute atomic E-state index is 0.272. The maximum atomic E-state index is 11.8. The maximum absolute atomic E-state index is 11.8. The van der Waals surface area contributed by atoms with Crippen molar-refractivity contribution in [3.8, 4) is 0 Å². The standard InChI is InChI=1S/C11H16ClNO4S2/c1-18(14,15)4-5-19(16,17)8-10-3-2-9(7-13)6-11(10)12/h2-3,6H,4-5,7-8,13H2,1H3. The molecule has 1 aromatic carbocycles. The van der Waals surface area contributed by atoms with Crippen LogP contribution in [0.5, 0.6) is 0 Å². The lowest BCUT2D eigenvalue weighted by Crippen LogP contribution is -2.17. The lowest BCUT2D eigenvalue weighted by atomic mass is 10.1. The van der Waals surface area contributed by atoms with Crippen molar-refractivity contribution in [2.24, 2.45) is 5.73 Å². The molecule has 0 atom stereocenters. The molecular weight excluding hydrogens is 310 g/mol. The van der Waals surface area contributed by atoms with Crippen LogP contribution in [0.4, 0.5) is 0 Å². The molecule has 19 heavy (non-hydrogen) atoms. The van der Waals surface area contributed by atoms with Crippen molar-refractivity contribution in [1.29, 1.82) is 0 Å². The normalized spacial score (nSPS) is 12.6. The van der Waals surface area contributed by atoms with Crippen LogP contribution in [0.15, 0.2) is 18.2 Å². The fourth-order valence-corrected chi connectivity index (χ4v) is 4.87. The largest absolute Gasteiger partial charge is 0.326 e. The van der Waals surface area contributed by atoms with E-state index in [1.54, 1.807) is 18.2 Å². The van der Waals surface area contributed by atoms with Gasteiger partial charge in [-0.25, -0.2) is 16.8 Å². The molecule has 0 spiro atoms. The van der Waals surface area contributed by atoms with Crippen LogP contribution in [0, 0.1) is 0 Å². The molecule has 0 saturated carbocycles. The molecule has 0 aromatic heterocycles. The summed E-state index contributed by atoms with van der Waals surface area (Å²) in [5.41, 5.74) is 6.71. The first-order valence-electron chi connectivity index (χ1n) is 5.48. The van der Waals surface area contributed by atoms with Crippen molar-refractivity contribution >= 4 is 31.3 Å². The second-order valence-corrected chi connectivity index (χ2v) is 9.20. The van der Waals surface area contributed by atoms with Crippen LogP contribution in [0.1, 0.15) is 11.1 Å². The highest BCUT2D eigenvalue weighted by Gasteiger charge is 2.17. The average Bonchev–Trinajstić information content (AvgIpc) is 2.28. The Morgan fingerprint density at radius 1 is 1.16 bits per heavy atom. The van der Waals surface area contributed by atoms with E-state index in [9.17, 15) is 16.8 Å². The van der Waals surface area contributed by atoms with Gasteiger partial charge in [0.2, 0.25) is 0 Å². The van der Waals surface area contributed by atoms with E-state index in [0.29, 0.717) is 17.1 Å². The van der Waals surface area contributed by atoms with Crippen molar-refractivity contribution < 1.29 is 16.8 Å². The lowest BCUT2D eigenvalue weighted by Gasteiger charge is -2.07. The fourth-order valence-electron chi connectivity index (χ4n) is 1.42. The number of nitrogens with two attached hydrogens (primary N) is 1. The van der Waals surface area contributed by atoms with Crippen LogP contribution >= 0.6 is 11.6 Å². The van der Waals surface area contributed by atoms with Gasteiger partial charge >= 0.3 is 0 Å². The Bertz CT molecular complexity index is 653. The molecular formula is C11H16ClNO4S2. The zero-order valence-electron chi connectivity index (χ0n) is 10.5. The van der Waals surface area contributed by atoms with Gasteiger partial charge in [0, 0.05) is 17.8 Å². The average molecular weight is 326 g/mol. The molecule has 1 aromatic rings. The molecule has 0 aliphatic carbocycles. The second-order valence-electron chi connectivity index (χ2n) is 4.35. The molecule has 8 heteroatoms. The van der Waals surface area contributed by atoms with E-state index in [-0.39, 0.29) is 11.5 Å². The summed E-state index contributed by atoms with van der Waals surface area (Å²) in [5, 5.41) is 0.325. The lowest BCUT2D eigenvalue weighted by molar-refractivity contribution is 0.589. The number of hydrogen-bond donors (Lipinski definition) is 1. The van der Waals surface area contributed by atoms with Gasteiger partial charge in [-0.15, -0.1) is 0 Å². The number of sulfone groups is 2. The molecule has 0 fully saturated rings. The van der Waals surface area contributed by atoms with Crippen molar-refractivity contribution in [3.63, 3.8) is 0 Å². The number of halogens is 1. The van der Waals surface area contributed by atoms with Gasteiger partial charge in [0.1, 0.15) is 9.84 Å². The molecule has 0 saturated heterocycles. The molecule has 0 radical (unpaired) electrons. The second kappa shape index (κ2) is 6.21. The van der Waals surface area contributed by atoms with Gasteiger partial charge in [-0.2, -0.15) is 0 Å². The molecule has 108 valence electrons. The van der Waals surface area contributed by atoms with Crippen molar-refractivity contribution in [2.45, 2.75) is 12.3 Å². The van der Waals surface area contributed by atoms with E-state index in [1.807, 2.05) is 0 Å². The minimum atomic E-state index is -3.50. The van der Waals surface area contributed by atoms with Gasteiger partial charge in [0.25, 0.3) is 0 Å². The molecule has 0 amide bonds. The first-order chi connectivity index (χ1) is 8.63. The van der Waals surface area contributed by atoms with Crippen LogP contribution < -0.4 is 5.73 Å². The molecule has 5 nitrogen and oxygen atoms in total. The maximum Gasteiger partial charge on any atom is 0.155 e. The summed E-state index contributed by atoms with van der Waals surface area (Å²) in [6, 6.07) is 4.92. The Morgan fingerprint density at radius 2 is 1.79 bits per heavy atom. The van der Waals surface area contributed by atoms with Crippen molar-refractivity contribution in [1.82, 2.24) is 0 Å². The summed E-state index contributed by atoms with van der Waals surface area (Å²) in [5.74, 6) is -1.05. The van der Waals surface area contributed by atoms with Gasteiger partial charge in [-0.05, 0) is 17.2 Å². The Hall–Kier alpha value is -0.630.